The molecule has 112 valence electrons. The van der Waals surface area contributed by atoms with Crippen LogP contribution in [0.5, 0.6) is 5.75 Å². The molecule has 0 radical (unpaired) electrons. The van der Waals surface area contributed by atoms with Crippen molar-refractivity contribution in [2.45, 2.75) is 19.4 Å². The van der Waals surface area contributed by atoms with Gasteiger partial charge < -0.3 is 10.1 Å². The standard InChI is InChI=1S/C17H19ClFNO/c1-3-20-16(10-12-5-4-6-14(19)9-12)13-7-8-15(18)17(11-13)21-2/h4-9,11,16,20H,3,10H2,1-2H3. The molecule has 0 aliphatic heterocycles. The van der Waals surface area contributed by atoms with Crippen LogP contribution in [0.4, 0.5) is 4.39 Å². The average Bonchev–Trinajstić information content (AvgIpc) is 2.47. The van der Waals surface area contributed by atoms with Crippen LogP contribution in [0.1, 0.15) is 24.1 Å². The Hall–Kier alpha value is -1.58. The SMILES string of the molecule is CCNC(Cc1cccc(F)c1)c1ccc(Cl)c(OC)c1. The first-order chi connectivity index (χ1) is 10.1. The molecule has 2 aromatic carbocycles. The molecular weight excluding hydrogens is 289 g/mol. The first kappa shape index (κ1) is 15.8. The van der Waals surface area contributed by atoms with Crippen molar-refractivity contribution in [1.82, 2.24) is 5.32 Å². The van der Waals surface area contributed by atoms with Gasteiger partial charge in [0.1, 0.15) is 11.6 Å². The van der Waals surface area contributed by atoms with Crippen LogP contribution in [0.25, 0.3) is 0 Å². The van der Waals surface area contributed by atoms with E-state index in [0.29, 0.717) is 17.2 Å². The van der Waals surface area contributed by atoms with Gasteiger partial charge in [0.15, 0.2) is 0 Å². The fourth-order valence-electron chi connectivity index (χ4n) is 2.35. The van der Waals surface area contributed by atoms with Crippen molar-refractivity contribution < 1.29 is 9.13 Å². The molecule has 0 spiro atoms. The number of nitrogens with one attached hydrogen (secondary N) is 1. The zero-order chi connectivity index (χ0) is 15.2. The maximum absolute atomic E-state index is 13.3. The molecule has 0 aromatic heterocycles. The largest absolute Gasteiger partial charge is 0.495 e. The van der Waals surface area contributed by atoms with Crippen molar-refractivity contribution >= 4 is 11.6 Å². The molecule has 1 atom stereocenters. The van der Waals surface area contributed by atoms with E-state index in [0.717, 1.165) is 17.7 Å². The lowest BCUT2D eigenvalue weighted by molar-refractivity contribution is 0.413. The molecule has 0 aliphatic carbocycles. The number of halogens is 2. The van der Waals surface area contributed by atoms with Gasteiger partial charge in [-0.25, -0.2) is 4.39 Å². The van der Waals surface area contributed by atoms with Gasteiger partial charge in [0.05, 0.1) is 12.1 Å². The summed E-state index contributed by atoms with van der Waals surface area (Å²) in [5.74, 6) is 0.438. The van der Waals surface area contributed by atoms with Gasteiger partial charge in [-0.1, -0.05) is 36.7 Å². The summed E-state index contributed by atoms with van der Waals surface area (Å²) in [6, 6.07) is 12.5. The molecule has 1 N–H and O–H groups in total. The third-order valence-electron chi connectivity index (χ3n) is 3.36. The van der Waals surface area contributed by atoms with Gasteiger partial charge in [-0.3, -0.25) is 0 Å². The van der Waals surface area contributed by atoms with Gasteiger partial charge in [-0.15, -0.1) is 0 Å². The molecular formula is C17H19ClFNO. The van der Waals surface area contributed by atoms with Crippen LogP contribution in [-0.4, -0.2) is 13.7 Å². The minimum absolute atomic E-state index is 0.0861. The summed E-state index contributed by atoms with van der Waals surface area (Å²) in [4.78, 5) is 0. The summed E-state index contributed by atoms with van der Waals surface area (Å²) in [5, 5.41) is 4.00. The first-order valence-corrected chi connectivity index (χ1v) is 7.33. The second kappa shape index (κ2) is 7.43. The lowest BCUT2D eigenvalue weighted by atomic mass is 9.98. The van der Waals surface area contributed by atoms with Gasteiger partial charge in [-0.2, -0.15) is 0 Å². The van der Waals surface area contributed by atoms with Crippen LogP contribution in [-0.2, 0) is 6.42 Å². The topological polar surface area (TPSA) is 21.3 Å². The third kappa shape index (κ3) is 4.19. The van der Waals surface area contributed by atoms with Crippen LogP contribution in [0.3, 0.4) is 0 Å². The highest BCUT2D eigenvalue weighted by atomic mass is 35.5. The summed E-state index contributed by atoms with van der Waals surface area (Å²) >= 11 is 6.06. The number of methoxy groups -OCH3 is 1. The number of rotatable bonds is 6. The Morgan fingerprint density at radius 1 is 1.24 bits per heavy atom. The van der Waals surface area contributed by atoms with Crippen LogP contribution >= 0.6 is 11.6 Å². The van der Waals surface area contributed by atoms with Gasteiger partial charge in [0, 0.05) is 6.04 Å². The Kier molecular flexibility index (Phi) is 5.59. The van der Waals surface area contributed by atoms with E-state index in [1.165, 1.54) is 6.07 Å². The molecule has 1 unspecified atom stereocenters. The molecule has 2 nitrogen and oxygen atoms in total. The zero-order valence-electron chi connectivity index (χ0n) is 12.2. The summed E-state index contributed by atoms with van der Waals surface area (Å²) in [6.45, 7) is 2.87. The predicted molar refractivity (Wildman–Crippen MR) is 84.5 cm³/mol. The molecule has 2 aromatic rings. The monoisotopic (exact) mass is 307 g/mol. The molecule has 0 saturated heterocycles. The first-order valence-electron chi connectivity index (χ1n) is 6.95. The molecule has 21 heavy (non-hydrogen) atoms. The van der Waals surface area contributed by atoms with Gasteiger partial charge in [-0.05, 0) is 48.4 Å². The smallest absolute Gasteiger partial charge is 0.137 e. The summed E-state index contributed by atoms with van der Waals surface area (Å²) in [5.41, 5.74) is 2.03. The second-order valence-electron chi connectivity index (χ2n) is 4.84. The van der Waals surface area contributed by atoms with Gasteiger partial charge in [0.25, 0.3) is 0 Å². The lowest BCUT2D eigenvalue weighted by Gasteiger charge is -2.19. The number of ether oxygens (including phenoxy) is 1. The Morgan fingerprint density at radius 2 is 2.05 bits per heavy atom. The molecule has 0 heterocycles. The van der Waals surface area contributed by atoms with E-state index < -0.39 is 0 Å². The van der Waals surface area contributed by atoms with Crippen molar-refractivity contribution in [3.8, 4) is 5.75 Å². The van der Waals surface area contributed by atoms with Crippen molar-refractivity contribution in [2.24, 2.45) is 0 Å². The van der Waals surface area contributed by atoms with E-state index in [4.69, 9.17) is 16.3 Å². The number of benzene rings is 2. The van der Waals surface area contributed by atoms with Crippen molar-refractivity contribution in [2.75, 3.05) is 13.7 Å². The Morgan fingerprint density at radius 3 is 2.71 bits per heavy atom. The minimum Gasteiger partial charge on any atom is -0.495 e. The van der Waals surface area contributed by atoms with Gasteiger partial charge >= 0.3 is 0 Å². The maximum Gasteiger partial charge on any atom is 0.137 e. The van der Waals surface area contributed by atoms with Crippen LogP contribution in [0, 0.1) is 5.82 Å². The predicted octanol–water partition coefficient (Wildman–Crippen LogP) is 4.38. The maximum atomic E-state index is 13.3. The van der Waals surface area contributed by atoms with Crippen molar-refractivity contribution in [3.63, 3.8) is 0 Å². The number of likely N-dealkylation sites (N-methyl/N-ethyl adjacent to an activating group) is 1. The quantitative estimate of drug-likeness (QED) is 0.855. The highest BCUT2D eigenvalue weighted by Crippen LogP contribution is 2.29. The highest BCUT2D eigenvalue weighted by molar-refractivity contribution is 6.32. The van der Waals surface area contributed by atoms with E-state index in [9.17, 15) is 4.39 Å². The summed E-state index contributed by atoms with van der Waals surface area (Å²) in [6.07, 6.45) is 0.705. The molecule has 0 bridgehead atoms. The molecule has 0 amide bonds. The molecule has 4 heteroatoms. The highest BCUT2D eigenvalue weighted by Gasteiger charge is 2.13. The van der Waals surface area contributed by atoms with Crippen molar-refractivity contribution in [1.29, 1.82) is 0 Å². The van der Waals surface area contributed by atoms with E-state index in [-0.39, 0.29) is 11.9 Å². The molecule has 2 rings (SSSR count). The normalized spacial score (nSPS) is 12.2. The summed E-state index contributed by atoms with van der Waals surface area (Å²) < 4.78 is 18.6. The minimum atomic E-state index is -0.212. The Balaban J connectivity index is 2.26. The molecule has 0 saturated carbocycles. The van der Waals surface area contributed by atoms with E-state index in [1.54, 1.807) is 19.2 Å². The zero-order valence-corrected chi connectivity index (χ0v) is 13.0. The molecule has 0 aliphatic rings. The number of hydrogen-bond acceptors (Lipinski definition) is 2. The van der Waals surface area contributed by atoms with Crippen LogP contribution < -0.4 is 10.1 Å². The second-order valence-corrected chi connectivity index (χ2v) is 5.25. The lowest BCUT2D eigenvalue weighted by Crippen LogP contribution is -2.23. The third-order valence-corrected chi connectivity index (χ3v) is 3.67. The van der Waals surface area contributed by atoms with Crippen molar-refractivity contribution in [3.05, 3.63) is 64.4 Å². The molecule has 0 fully saturated rings. The Labute approximate surface area is 129 Å². The fraction of sp³-hybridized carbons (Fsp3) is 0.294. The Bertz CT molecular complexity index is 603. The number of hydrogen-bond donors (Lipinski definition) is 1. The van der Waals surface area contributed by atoms with E-state index in [2.05, 4.69) is 5.32 Å². The summed E-state index contributed by atoms with van der Waals surface area (Å²) in [7, 11) is 1.60. The van der Waals surface area contributed by atoms with Gasteiger partial charge in [0.2, 0.25) is 0 Å². The van der Waals surface area contributed by atoms with E-state index in [1.807, 2.05) is 31.2 Å². The fourth-order valence-corrected chi connectivity index (χ4v) is 2.54. The van der Waals surface area contributed by atoms with E-state index >= 15 is 0 Å². The van der Waals surface area contributed by atoms with Crippen LogP contribution in [0.2, 0.25) is 5.02 Å². The van der Waals surface area contributed by atoms with Crippen LogP contribution in [0.15, 0.2) is 42.5 Å². The average molecular weight is 308 g/mol.